The molecule has 1 aromatic carbocycles. The first-order valence-corrected chi connectivity index (χ1v) is 4.30. The van der Waals surface area contributed by atoms with Gasteiger partial charge >= 0.3 is 6.03 Å². The Bertz CT molecular complexity index is 439. The van der Waals surface area contributed by atoms with Gasteiger partial charge in [0.25, 0.3) is 0 Å². The minimum absolute atomic E-state index is 0.612. The molecule has 0 spiro atoms. The van der Waals surface area contributed by atoms with Crippen LogP contribution in [0.1, 0.15) is 0 Å². The molecule has 2 aromatic rings. The fraction of sp³-hybridized carbons (Fsp3) is 0. The van der Waals surface area contributed by atoms with Crippen LogP contribution in [0.25, 0.3) is 0 Å². The van der Waals surface area contributed by atoms with E-state index >= 15 is 0 Å². The molecule has 1 aromatic heterocycles. The molecule has 0 saturated carbocycles. The number of hydrogen-bond donors (Lipinski definition) is 1. The van der Waals surface area contributed by atoms with E-state index in [0.717, 1.165) is 4.91 Å². The molecule has 6 nitrogen and oxygen atoms in total. The van der Waals surface area contributed by atoms with Crippen LogP contribution in [0.3, 0.4) is 0 Å². The number of amides is 2. The van der Waals surface area contributed by atoms with Crippen molar-refractivity contribution in [2.45, 2.75) is 0 Å². The number of carbonyl (C=O) groups excluding carboxylic acids is 1. The monoisotopic (exact) mass is 203 g/mol. The molecule has 15 heavy (non-hydrogen) atoms. The molecule has 2 N–H and O–H groups in total. The Labute approximate surface area is 85.9 Å². The van der Waals surface area contributed by atoms with Gasteiger partial charge in [-0.25, -0.2) is 4.79 Å². The summed E-state index contributed by atoms with van der Waals surface area (Å²) in [5, 5.41) is 8.86. The molecule has 76 valence electrons. The second kappa shape index (κ2) is 3.79. The number of nitrogens with zero attached hydrogens (tertiary/aromatic N) is 4. The van der Waals surface area contributed by atoms with Crippen molar-refractivity contribution >= 4 is 11.7 Å². The average Bonchev–Trinajstić information content (AvgIpc) is 2.72. The highest BCUT2D eigenvalue weighted by molar-refractivity contribution is 5.89. The fourth-order valence-electron chi connectivity index (χ4n) is 1.20. The zero-order valence-corrected chi connectivity index (χ0v) is 7.82. The lowest BCUT2D eigenvalue weighted by Gasteiger charge is -2.17. The van der Waals surface area contributed by atoms with Crippen molar-refractivity contribution < 1.29 is 4.79 Å². The molecule has 0 radical (unpaired) electrons. The van der Waals surface area contributed by atoms with E-state index in [0.29, 0.717) is 5.69 Å². The molecule has 0 aliphatic heterocycles. The normalized spacial score (nSPS) is 9.87. The van der Waals surface area contributed by atoms with Crippen molar-refractivity contribution in [1.29, 1.82) is 0 Å². The van der Waals surface area contributed by atoms with Crippen molar-refractivity contribution in [2.75, 3.05) is 5.01 Å². The van der Waals surface area contributed by atoms with Gasteiger partial charge in [0.1, 0.15) is 0 Å². The number of carbonyl (C=O) groups is 1. The van der Waals surface area contributed by atoms with Gasteiger partial charge in [-0.2, -0.15) is 5.01 Å². The van der Waals surface area contributed by atoms with E-state index in [1.54, 1.807) is 24.3 Å². The summed E-state index contributed by atoms with van der Waals surface area (Å²) in [4.78, 5) is 12.4. The van der Waals surface area contributed by atoms with E-state index in [1.807, 2.05) is 6.07 Å². The van der Waals surface area contributed by atoms with Crippen LogP contribution in [-0.2, 0) is 0 Å². The van der Waals surface area contributed by atoms with Crippen LogP contribution in [0.5, 0.6) is 0 Å². The maximum absolute atomic E-state index is 11.2. The van der Waals surface area contributed by atoms with E-state index in [4.69, 9.17) is 5.73 Å². The lowest BCUT2D eigenvalue weighted by Crippen LogP contribution is -2.41. The highest BCUT2D eigenvalue weighted by Crippen LogP contribution is 2.12. The molecule has 1 heterocycles. The molecule has 2 rings (SSSR count). The number of benzene rings is 1. The summed E-state index contributed by atoms with van der Waals surface area (Å²) in [5.74, 6) is 0. The lowest BCUT2D eigenvalue weighted by molar-refractivity contribution is 0.249. The molecule has 0 aliphatic carbocycles. The van der Waals surface area contributed by atoms with Crippen molar-refractivity contribution in [1.82, 2.24) is 15.1 Å². The van der Waals surface area contributed by atoms with Crippen LogP contribution >= 0.6 is 0 Å². The summed E-state index contributed by atoms with van der Waals surface area (Å²) in [7, 11) is 0. The maximum Gasteiger partial charge on any atom is 0.341 e. The third-order valence-corrected chi connectivity index (χ3v) is 1.79. The number of rotatable bonds is 2. The Balaban J connectivity index is 2.42. The summed E-state index contributed by atoms with van der Waals surface area (Å²) < 4.78 is 0. The molecular formula is C9H9N5O. The predicted molar refractivity (Wildman–Crippen MR) is 53.9 cm³/mol. The maximum atomic E-state index is 11.2. The van der Waals surface area contributed by atoms with Gasteiger partial charge in [-0.05, 0) is 12.1 Å². The Morgan fingerprint density at radius 2 is 1.80 bits per heavy atom. The topological polar surface area (TPSA) is 77.0 Å². The number of nitrogens with two attached hydrogens (primary N) is 1. The predicted octanol–water partition coefficient (Wildman–Crippen LogP) is 0.627. The quantitative estimate of drug-likeness (QED) is 0.777. The van der Waals surface area contributed by atoms with Gasteiger partial charge in [-0.1, -0.05) is 23.1 Å². The summed E-state index contributed by atoms with van der Waals surface area (Å²) in [6.07, 6.45) is 2.94. The Morgan fingerprint density at radius 3 is 2.33 bits per heavy atom. The van der Waals surface area contributed by atoms with Crippen LogP contribution in [0.4, 0.5) is 10.5 Å². The molecule has 0 bridgehead atoms. The standard InChI is InChI=1S/C9H9N5O/c10-9(15)13(14-11-6-7-12-14)8-4-2-1-3-5-8/h1-7H,(H2,10,15). The van der Waals surface area contributed by atoms with Gasteiger partial charge in [0, 0.05) is 0 Å². The van der Waals surface area contributed by atoms with Gasteiger partial charge in [0.05, 0.1) is 18.1 Å². The van der Waals surface area contributed by atoms with E-state index in [2.05, 4.69) is 10.2 Å². The molecule has 0 aliphatic rings. The number of urea groups is 1. The van der Waals surface area contributed by atoms with Crippen LogP contribution in [0.15, 0.2) is 42.7 Å². The average molecular weight is 203 g/mol. The van der Waals surface area contributed by atoms with Gasteiger partial charge in [0.2, 0.25) is 0 Å². The zero-order chi connectivity index (χ0) is 10.7. The first-order chi connectivity index (χ1) is 7.29. The number of anilines is 1. The van der Waals surface area contributed by atoms with E-state index in [1.165, 1.54) is 17.4 Å². The van der Waals surface area contributed by atoms with Crippen LogP contribution in [0, 0.1) is 0 Å². The fourth-order valence-corrected chi connectivity index (χ4v) is 1.20. The Morgan fingerprint density at radius 1 is 1.20 bits per heavy atom. The van der Waals surface area contributed by atoms with E-state index < -0.39 is 6.03 Å². The van der Waals surface area contributed by atoms with Crippen LogP contribution in [-0.4, -0.2) is 21.1 Å². The van der Waals surface area contributed by atoms with Gasteiger partial charge in [-0.3, -0.25) is 0 Å². The smallest absolute Gasteiger partial charge is 0.341 e. The van der Waals surface area contributed by atoms with E-state index in [-0.39, 0.29) is 0 Å². The summed E-state index contributed by atoms with van der Waals surface area (Å²) in [6.45, 7) is 0. The summed E-state index contributed by atoms with van der Waals surface area (Å²) in [6, 6.07) is 8.29. The lowest BCUT2D eigenvalue weighted by atomic mass is 10.3. The van der Waals surface area contributed by atoms with E-state index in [9.17, 15) is 4.79 Å². The van der Waals surface area contributed by atoms with Gasteiger partial charge in [0.15, 0.2) is 0 Å². The molecule has 2 amide bonds. The largest absolute Gasteiger partial charge is 0.350 e. The highest BCUT2D eigenvalue weighted by Gasteiger charge is 2.14. The molecule has 0 unspecified atom stereocenters. The molecule has 0 atom stereocenters. The summed E-state index contributed by atoms with van der Waals surface area (Å²) >= 11 is 0. The van der Waals surface area contributed by atoms with Gasteiger partial charge in [-0.15, -0.1) is 10.2 Å². The molecule has 0 fully saturated rings. The summed E-state index contributed by atoms with van der Waals surface area (Å²) in [5.41, 5.74) is 5.86. The Hall–Kier alpha value is -2.37. The minimum Gasteiger partial charge on any atom is -0.350 e. The SMILES string of the molecule is NC(=O)N(c1ccccc1)n1nccn1. The van der Waals surface area contributed by atoms with Crippen LogP contribution in [0.2, 0.25) is 0 Å². The van der Waals surface area contributed by atoms with Crippen molar-refractivity contribution in [3.8, 4) is 0 Å². The van der Waals surface area contributed by atoms with Crippen molar-refractivity contribution in [2.24, 2.45) is 5.73 Å². The third kappa shape index (κ3) is 1.78. The molecule has 0 saturated heterocycles. The van der Waals surface area contributed by atoms with Crippen molar-refractivity contribution in [3.05, 3.63) is 42.7 Å². The first kappa shape index (κ1) is 9.20. The number of primary amides is 1. The Kier molecular flexibility index (Phi) is 2.32. The second-order valence-electron chi connectivity index (χ2n) is 2.78. The number of aromatic nitrogens is 3. The minimum atomic E-state index is -0.641. The third-order valence-electron chi connectivity index (χ3n) is 1.79. The highest BCUT2D eigenvalue weighted by atomic mass is 16.2. The van der Waals surface area contributed by atoms with Crippen LogP contribution < -0.4 is 10.7 Å². The number of para-hydroxylation sites is 1. The molecule has 6 heteroatoms. The van der Waals surface area contributed by atoms with Crippen molar-refractivity contribution in [3.63, 3.8) is 0 Å². The number of hydrogen-bond acceptors (Lipinski definition) is 3. The molecular weight excluding hydrogens is 194 g/mol. The van der Waals surface area contributed by atoms with Gasteiger partial charge < -0.3 is 5.73 Å². The zero-order valence-electron chi connectivity index (χ0n) is 7.82. The second-order valence-corrected chi connectivity index (χ2v) is 2.78. The first-order valence-electron chi connectivity index (χ1n) is 4.30.